The predicted octanol–water partition coefficient (Wildman–Crippen LogP) is 4.20. The highest BCUT2D eigenvalue weighted by Gasteiger charge is 2.37. The second-order valence-electron chi connectivity index (χ2n) is 6.67. The number of nitrogens with one attached hydrogen (secondary N) is 1. The lowest BCUT2D eigenvalue weighted by atomic mass is 10.1. The molecule has 152 valence electrons. The number of benzene rings is 2. The number of halogens is 2. The predicted molar refractivity (Wildman–Crippen MR) is 115 cm³/mol. The smallest absolute Gasteiger partial charge is 0.311 e. The van der Waals surface area contributed by atoms with Gasteiger partial charge in [0.05, 0.1) is 16.6 Å². The minimum Gasteiger partial charge on any atom is -0.455 e. The molecule has 0 saturated carbocycles. The van der Waals surface area contributed by atoms with E-state index in [0.717, 1.165) is 16.5 Å². The first-order chi connectivity index (χ1) is 13.9. The Morgan fingerprint density at radius 1 is 1.28 bits per heavy atom. The van der Waals surface area contributed by atoms with E-state index in [1.54, 1.807) is 30.3 Å². The third kappa shape index (κ3) is 5.16. The number of ether oxygens (including phenoxy) is 1. The largest absolute Gasteiger partial charge is 0.455 e. The lowest BCUT2D eigenvalue weighted by Gasteiger charge is -2.17. The molecule has 1 fully saturated rings. The highest BCUT2D eigenvalue weighted by molar-refractivity contribution is 9.10. The van der Waals surface area contributed by atoms with E-state index in [1.165, 1.54) is 4.90 Å². The molecule has 3 rings (SSSR count). The number of hydrogen-bond acceptors (Lipinski definition) is 4. The molecular formula is C21H20BrClN2O4. The number of amides is 2. The summed E-state index contributed by atoms with van der Waals surface area (Å²) in [5.41, 5.74) is 2.21. The molecule has 0 unspecified atom stereocenters. The van der Waals surface area contributed by atoms with Crippen LogP contribution >= 0.6 is 27.5 Å². The molecule has 1 saturated heterocycles. The first-order valence-electron chi connectivity index (χ1n) is 9.18. The van der Waals surface area contributed by atoms with Gasteiger partial charge in [0, 0.05) is 23.1 Å². The maximum Gasteiger partial charge on any atom is 0.311 e. The van der Waals surface area contributed by atoms with E-state index in [-0.39, 0.29) is 18.9 Å². The number of carbonyl (C=O) groups excluding carboxylic acids is 3. The molecule has 6 nitrogen and oxygen atoms in total. The molecule has 8 heteroatoms. The molecule has 2 aromatic carbocycles. The second kappa shape index (κ2) is 9.41. The van der Waals surface area contributed by atoms with Crippen molar-refractivity contribution in [3.05, 3.63) is 57.5 Å². The maximum atomic E-state index is 12.4. The van der Waals surface area contributed by atoms with Crippen LogP contribution in [0.1, 0.15) is 18.9 Å². The Balaban J connectivity index is 1.55. The molecule has 1 N–H and O–H groups in total. The van der Waals surface area contributed by atoms with Crippen LogP contribution in [-0.4, -0.2) is 30.9 Å². The average molecular weight is 480 g/mol. The van der Waals surface area contributed by atoms with Crippen LogP contribution in [0.25, 0.3) is 0 Å². The number of esters is 1. The Kier molecular flexibility index (Phi) is 6.92. The molecule has 29 heavy (non-hydrogen) atoms. The van der Waals surface area contributed by atoms with E-state index in [4.69, 9.17) is 16.3 Å². The quantitative estimate of drug-likeness (QED) is 0.630. The standard InChI is InChI=1S/C21H20BrClN2O4/c1-2-13-9-15(22)7-8-17(13)24-19(26)12-29-21(28)14-10-20(27)25(11-14)18-6-4-3-5-16(18)23/h3-9,14H,2,10-12H2,1H3,(H,24,26)/t14-/m1/s1. The zero-order chi connectivity index (χ0) is 21.0. The topological polar surface area (TPSA) is 75.7 Å². The fourth-order valence-electron chi connectivity index (χ4n) is 3.19. The third-order valence-electron chi connectivity index (χ3n) is 4.67. The van der Waals surface area contributed by atoms with Gasteiger partial charge in [-0.1, -0.05) is 46.6 Å². The number of rotatable bonds is 6. The molecule has 2 amide bonds. The minimum absolute atomic E-state index is 0.0262. The van der Waals surface area contributed by atoms with E-state index in [9.17, 15) is 14.4 Å². The first kappa shape index (κ1) is 21.3. The van der Waals surface area contributed by atoms with Crippen LogP contribution in [-0.2, 0) is 25.5 Å². The molecule has 0 radical (unpaired) electrons. The van der Waals surface area contributed by atoms with Crippen molar-refractivity contribution in [1.29, 1.82) is 0 Å². The van der Waals surface area contributed by atoms with Gasteiger partial charge in [-0.25, -0.2) is 0 Å². The number of para-hydroxylation sites is 1. The average Bonchev–Trinajstić information content (AvgIpc) is 3.09. The van der Waals surface area contributed by atoms with Crippen LogP contribution in [0.5, 0.6) is 0 Å². The van der Waals surface area contributed by atoms with Crippen LogP contribution in [0.15, 0.2) is 46.9 Å². The number of hydrogen-bond donors (Lipinski definition) is 1. The first-order valence-corrected chi connectivity index (χ1v) is 10.4. The summed E-state index contributed by atoms with van der Waals surface area (Å²) in [7, 11) is 0. The van der Waals surface area contributed by atoms with Crippen molar-refractivity contribution in [2.75, 3.05) is 23.4 Å². The fourth-order valence-corrected chi connectivity index (χ4v) is 3.83. The van der Waals surface area contributed by atoms with E-state index >= 15 is 0 Å². The van der Waals surface area contributed by atoms with Crippen molar-refractivity contribution in [2.24, 2.45) is 5.92 Å². The van der Waals surface area contributed by atoms with E-state index in [0.29, 0.717) is 16.4 Å². The molecular weight excluding hydrogens is 460 g/mol. The number of anilines is 2. The summed E-state index contributed by atoms with van der Waals surface area (Å²) in [5, 5.41) is 3.19. The lowest BCUT2D eigenvalue weighted by Crippen LogP contribution is -2.28. The van der Waals surface area contributed by atoms with Gasteiger partial charge in [-0.2, -0.15) is 0 Å². The third-order valence-corrected chi connectivity index (χ3v) is 5.48. The van der Waals surface area contributed by atoms with Crippen molar-refractivity contribution in [1.82, 2.24) is 0 Å². The van der Waals surface area contributed by atoms with Crippen molar-refractivity contribution in [3.63, 3.8) is 0 Å². The van der Waals surface area contributed by atoms with E-state index < -0.39 is 24.4 Å². The van der Waals surface area contributed by atoms with Crippen molar-refractivity contribution in [2.45, 2.75) is 19.8 Å². The summed E-state index contributed by atoms with van der Waals surface area (Å²) in [6.45, 7) is 1.75. The zero-order valence-corrected chi connectivity index (χ0v) is 18.1. The van der Waals surface area contributed by atoms with Gasteiger partial charge in [0.1, 0.15) is 0 Å². The molecule has 0 spiro atoms. The normalized spacial score (nSPS) is 16.0. The Morgan fingerprint density at radius 3 is 2.76 bits per heavy atom. The molecule has 1 heterocycles. The summed E-state index contributed by atoms with van der Waals surface area (Å²) < 4.78 is 6.07. The summed E-state index contributed by atoms with van der Waals surface area (Å²) in [5.74, 6) is -1.84. The highest BCUT2D eigenvalue weighted by atomic mass is 79.9. The van der Waals surface area contributed by atoms with Crippen LogP contribution in [0.2, 0.25) is 5.02 Å². The summed E-state index contributed by atoms with van der Waals surface area (Å²) in [4.78, 5) is 38.3. The molecule has 1 aliphatic rings. The Labute approximate surface area is 182 Å². The number of nitrogens with zero attached hydrogens (tertiary/aromatic N) is 1. The zero-order valence-electron chi connectivity index (χ0n) is 15.8. The van der Waals surface area contributed by atoms with Gasteiger partial charge in [-0.3, -0.25) is 14.4 Å². The van der Waals surface area contributed by atoms with Gasteiger partial charge < -0.3 is 15.0 Å². The van der Waals surface area contributed by atoms with Gasteiger partial charge in [-0.15, -0.1) is 0 Å². The SMILES string of the molecule is CCc1cc(Br)ccc1NC(=O)COC(=O)[C@@H]1CC(=O)N(c2ccccc2Cl)C1. The summed E-state index contributed by atoms with van der Waals surface area (Å²) >= 11 is 9.55. The molecule has 0 bridgehead atoms. The lowest BCUT2D eigenvalue weighted by molar-refractivity contribution is -0.151. The monoisotopic (exact) mass is 478 g/mol. The summed E-state index contributed by atoms with van der Waals surface area (Å²) in [6.07, 6.45) is 0.773. The minimum atomic E-state index is -0.634. The fraction of sp³-hybridized carbons (Fsp3) is 0.286. The maximum absolute atomic E-state index is 12.4. The molecule has 0 aromatic heterocycles. The molecule has 2 aromatic rings. The molecule has 1 atom stereocenters. The van der Waals surface area contributed by atoms with Crippen molar-refractivity contribution in [3.8, 4) is 0 Å². The second-order valence-corrected chi connectivity index (χ2v) is 7.99. The van der Waals surface area contributed by atoms with Crippen LogP contribution < -0.4 is 10.2 Å². The van der Waals surface area contributed by atoms with Gasteiger partial charge in [0.25, 0.3) is 5.91 Å². The van der Waals surface area contributed by atoms with E-state index in [1.807, 2.05) is 19.1 Å². The van der Waals surface area contributed by atoms with Gasteiger partial charge >= 0.3 is 5.97 Å². The van der Waals surface area contributed by atoms with E-state index in [2.05, 4.69) is 21.2 Å². The number of carbonyl (C=O) groups is 3. The number of aryl methyl sites for hydroxylation is 1. The van der Waals surface area contributed by atoms with Crippen molar-refractivity contribution < 1.29 is 19.1 Å². The Hall–Kier alpha value is -2.38. The summed E-state index contributed by atoms with van der Waals surface area (Å²) in [6, 6.07) is 12.5. The Morgan fingerprint density at radius 2 is 2.03 bits per heavy atom. The highest BCUT2D eigenvalue weighted by Crippen LogP contribution is 2.31. The van der Waals surface area contributed by atoms with Gasteiger partial charge in [0.2, 0.25) is 5.91 Å². The molecule has 0 aliphatic carbocycles. The van der Waals surface area contributed by atoms with Crippen LogP contribution in [0.3, 0.4) is 0 Å². The van der Waals surface area contributed by atoms with Crippen LogP contribution in [0, 0.1) is 5.92 Å². The molecule has 1 aliphatic heterocycles. The van der Waals surface area contributed by atoms with Crippen LogP contribution in [0.4, 0.5) is 11.4 Å². The van der Waals surface area contributed by atoms with Gasteiger partial charge in [0.15, 0.2) is 6.61 Å². The van der Waals surface area contributed by atoms with Gasteiger partial charge in [-0.05, 0) is 42.3 Å². The Bertz CT molecular complexity index is 950. The van der Waals surface area contributed by atoms with Crippen molar-refractivity contribution >= 4 is 56.7 Å².